The Balaban J connectivity index is 1.90. The van der Waals surface area contributed by atoms with Crippen LogP contribution in [0.2, 0.25) is 0 Å². The fourth-order valence-corrected chi connectivity index (χ4v) is 3.80. The summed E-state index contributed by atoms with van der Waals surface area (Å²) in [5.74, 6) is 2.54. The van der Waals surface area contributed by atoms with E-state index < -0.39 is 0 Å². The third-order valence-electron chi connectivity index (χ3n) is 4.82. The number of aryl methyl sites for hydroxylation is 1. The third-order valence-corrected chi connectivity index (χ3v) is 4.82. The molecule has 0 radical (unpaired) electrons. The zero-order chi connectivity index (χ0) is 14.6. The molecule has 110 valence electrons. The molecule has 1 aromatic heterocycles. The third kappa shape index (κ3) is 1.89. The van der Waals surface area contributed by atoms with E-state index in [9.17, 15) is 0 Å². The molecule has 0 fully saturated rings. The number of imidazole rings is 1. The van der Waals surface area contributed by atoms with Crippen LogP contribution >= 0.6 is 0 Å². The van der Waals surface area contributed by atoms with Crippen LogP contribution < -0.4 is 10.5 Å². The maximum atomic E-state index is 6.20. The highest BCUT2D eigenvalue weighted by Gasteiger charge is 2.30. The second-order valence-corrected chi connectivity index (χ2v) is 6.30. The first-order valence-electron chi connectivity index (χ1n) is 7.69. The minimum Gasteiger partial charge on any atom is -0.497 e. The maximum Gasteiger partial charge on any atom is 0.119 e. The molecule has 0 amide bonds. The first kappa shape index (κ1) is 12.9. The van der Waals surface area contributed by atoms with E-state index in [2.05, 4.69) is 23.6 Å². The van der Waals surface area contributed by atoms with Gasteiger partial charge in [-0.1, -0.05) is 13.0 Å². The van der Waals surface area contributed by atoms with Gasteiger partial charge in [-0.25, -0.2) is 4.98 Å². The van der Waals surface area contributed by atoms with Crippen LogP contribution in [0.15, 0.2) is 18.2 Å². The van der Waals surface area contributed by atoms with E-state index in [1.165, 1.54) is 22.6 Å². The zero-order valence-electron chi connectivity index (χ0n) is 12.6. The number of ether oxygens (including phenoxy) is 1. The summed E-state index contributed by atoms with van der Waals surface area (Å²) in [6.07, 6.45) is 3.16. The topological polar surface area (TPSA) is 53.1 Å². The highest BCUT2D eigenvalue weighted by molar-refractivity contribution is 5.70. The predicted octanol–water partition coefficient (Wildman–Crippen LogP) is 2.49. The predicted molar refractivity (Wildman–Crippen MR) is 82.6 cm³/mol. The average Bonchev–Trinajstić information content (AvgIpc) is 2.86. The average molecular weight is 283 g/mol. The SMILES string of the molecule is COc1ccc2c(c1)-c1nc3n(c1CC2)CC(N)CC3C. The van der Waals surface area contributed by atoms with Gasteiger partial charge >= 0.3 is 0 Å². The summed E-state index contributed by atoms with van der Waals surface area (Å²) in [5.41, 5.74) is 11.3. The summed E-state index contributed by atoms with van der Waals surface area (Å²) in [5, 5.41) is 0. The van der Waals surface area contributed by atoms with E-state index in [4.69, 9.17) is 15.5 Å². The summed E-state index contributed by atoms with van der Waals surface area (Å²) in [6.45, 7) is 3.14. The molecule has 1 aliphatic carbocycles. The lowest BCUT2D eigenvalue weighted by Gasteiger charge is -2.27. The highest BCUT2D eigenvalue weighted by Crippen LogP contribution is 2.39. The van der Waals surface area contributed by atoms with Crippen molar-refractivity contribution in [2.24, 2.45) is 5.73 Å². The van der Waals surface area contributed by atoms with Crippen molar-refractivity contribution in [2.75, 3.05) is 7.11 Å². The molecule has 2 atom stereocenters. The van der Waals surface area contributed by atoms with Crippen LogP contribution in [0.4, 0.5) is 0 Å². The summed E-state index contributed by atoms with van der Waals surface area (Å²) in [7, 11) is 1.71. The first-order chi connectivity index (χ1) is 10.2. The molecule has 4 rings (SSSR count). The van der Waals surface area contributed by atoms with Gasteiger partial charge in [-0.2, -0.15) is 0 Å². The molecule has 2 aliphatic rings. The van der Waals surface area contributed by atoms with Crippen molar-refractivity contribution in [1.82, 2.24) is 9.55 Å². The Labute approximate surface area is 124 Å². The smallest absolute Gasteiger partial charge is 0.119 e. The molecular weight excluding hydrogens is 262 g/mol. The van der Waals surface area contributed by atoms with Crippen LogP contribution in [0.1, 0.15) is 36.3 Å². The number of benzene rings is 1. The molecule has 2 aromatic rings. The van der Waals surface area contributed by atoms with Gasteiger partial charge in [0.05, 0.1) is 12.8 Å². The summed E-state index contributed by atoms with van der Waals surface area (Å²) < 4.78 is 7.75. The van der Waals surface area contributed by atoms with Crippen molar-refractivity contribution in [3.05, 3.63) is 35.3 Å². The summed E-state index contributed by atoms with van der Waals surface area (Å²) >= 11 is 0. The van der Waals surface area contributed by atoms with Crippen LogP contribution in [-0.2, 0) is 19.4 Å². The number of hydrogen-bond acceptors (Lipinski definition) is 3. The Morgan fingerprint density at radius 1 is 1.33 bits per heavy atom. The number of hydrogen-bond donors (Lipinski definition) is 1. The number of fused-ring (bicyclic) bond motifs is 5. The fraction of sp³-hybridized carbons (Fsp3) is 0.471. The van der Waals surface area contributed by atoms with Crippen molar-refractivity contribution < 1.29 is 4.74 Å². The summed E-state index contributed by atoms with van der Waals surface area (Å²) in [6, 6.07) is 6.58. The second kappa shape index (κ2) is 4.60. The van der Waals surface area contributed by atoms with E-state index in [0.717, 1.165) is 37.3 Å². The molecule has 1 aromatic carbocycles. The van der Waals surface area contributed by atoms with Gasteiger partial charge in [0.25, 0.3) is 0 Å². The van der Waals surface area contributed by atoms with Crippen molar-refractivity contribution in [3.63, 3.8) is 0 Å². The Morgan fingerprint density at radius 2 is 2.19 bits per heavy atom. The first-order valence-corrected chi connectivity index (χ1v) is 7.69. The van der Waals surface area contributed by atoms with Crippen molar-refractivity contribution in [1.29, 1.82) is 0 Å². The number of aromatic nitrogens is 2. The molecule has 21 heavy (non-hydrogen) atoms. The number of methoxy groups -OCH3 is 1. The normalized spacial score (nSPS) is 23.2. The highest BCUT2D eigenvalue weighted by atomic mass is 16.5. The lowest BCUT2D eigenvalue weighted by atomic mass is 9.91. The van der Waals surface area contributed by atoms with Gasteiger partial charge in [0.2, 0.25) is 0 Å². The van der Waals surface area contributed by atoms with Crippen LogP contribution in [0, 0.1) is 0 Å². The Hall–Kier alpha value is -1.81. The lowest BCUT2D eigenvalue weighted by molar-refractivity contribution is 0.400. The molecule has 4 nitrogen and oxygen atoms in total. The van der Waals surface area contributed by atoms with Gasteiger partial charge in [-0.15, -0.1) is 0 Å². The van der Waals surface area contributed by atoms with Gasteiger partial charge in [0, 0.05) is 29.8 Å². The maximum absolute atomic E-state index is 6.20. The zero-order valence-corrected chi connectivity index (χ0v) is 12.6. The fourth-order valence-electron chi connectivity index (χ4n) is 3.80. The molecule has 4 heteroatoms. The van der Waals surface area contributed by atoms with Gasteiger partial charge in [-0.3, -0.25) is 0 Å². The molecule has 0 bridgehead atoms. The number of nitrogens with zero attached hydrogens (tertiary/aromatic N) is 2. The van der Waals surface area contributed by atoms with E-state index in [1.54, 1.807) is 7.11 Å². The van der Waals surface area contributed by atoms with E-state index in [0.29, 0.717) is 5.92 Å². The van der Waals surface area contributed by atoms with Gasteiger partial charge < -0.3 is 15.0 Å². The van der Waals surface area contributed by atoms with Crippen molar-refractivity contribution in [3.8, 4) is 17.0 Å². The van der Waals surface area contributed by atoms with E-state index >= 15 is 0 Å². The molecule has 2 heterocycles. The quantitative estimate of drug-likeness (QED) is 0.875. The second-order valence-electron chi connectivity index (χ2n) is 6.30. The lowest BCUT2D eigenvalue weighted by Crippen LogP contribution is -2.34. The monoisotopic (exact) mass is 283 g/mol. The molecule has 2 N–H and O–H groups in total. The number of rotatable bonds is 1. The molecule has 0 saturated carbocycles. The van der Waals surface area contributed by atoms with Crippen LogP contribution in [0.5, 0.6) is 5.75 Å². The Kier molecular flexibility index (Phi) is 2.82. The molecule has 0 saturated heterocycles. The number of nitrogens with two attached hydrogens (primary N) is 1. The molecule has 2 unspecified atom stereocenters. The minimum atomic E-state index is 0.248. The standard InChI is InChI=1S/C17H21N3O/c1-10-7-12(18)9-20-15-6-4-11-3-5-13(21-2)8-14(11)16(15)19-17(10)20/h3,5,8,10,12H,4,6-7,9,18H2,1-2H3. The Morgan fingerprint density at radius 3 is 3.00 bits per heavy atom. The van der Waals surface area contributed by atoms with Gasteiger partial charge in [-0.05, 0) is 37.0 Å². The van der Waals surface area contributed by atoms with Gasteiger partial charge in [0.1, 0.15) is 11.6 Å². The Bertz CT molecular complexity index is 704. The largest absolute Gasteiger partial charge is 0.497 e. The molecular formula is C17H21N3O. The van der Waals surface area contributed by atoms with Crippen LogP contribution in [-0.4, -0.2) is 22.7 Å². The van der Waals surface area contributed by atoms with E-state index in [-0.39, 0.29) is 6.04 Å². The van der Waals surface area contributed by atoms with Crippen molar-refractivity contribution >= 4 is 0 Å². The van der Waals surface area contributed by atoms with Crippen LogP contribution in [0.25, 0.3) is 11.3 Å². The van der Waals surface area contributed by atoms with Gasteiger partial charge in [0.15, 0.2) is 0 Å². The van der Waals surface area contributed by atoms with E-state index in [1.807, 2.05) is 6.07 Å². The molecule has 1 aliphatic heterocycles. The van der Waals surface area contributed by atoms with Crippen molar-refractivity contribution in [2.45, 2.75) is 44.7 Å². The summed E-state index contributed by atoms with van der Waals surface area (Å²) in [4.78, 5) is 4.98. The van der Waals surface area contributed by atoms with Crippen LogP contribution in [0.3, 0.4) is 0 Å². The molecule has 0 spiro atoms. The minimum absolute atomic E-state index is 0.248.